The van der Waals surface area contributed by atoms with E-state index in [4.69, 9.17) is 14.5 Å². The van der Waals surface area contributed by atoms with Crippen molar-refractivity contribution in [2.24, 2.45) is 4.99 Å². The minimum atomic E-state index is -0.363. The maximum atomic E-state index is 12.2. The van der Waals surface area contributed by atoms with Crippen molar-refractivity contribution in [3.05, 3.63) is 70.9 Å². The van der Waals surface area contributed by atoms with Gasteiger partial charge in [-0.1, -0.05) is 48.2 Å². The molecule has 1 aliphatic heterocycles. The average Bonchev–Trinajstić information content (AvgIpc) is 2.71. The van der Waals surface area contributed by atoms with Gasteiger partial charge in [0.1, 0.15) is 12.6 Å². The summed E-state index contributed by atoms with van der Waals surface area (Å²) in [6.07, 6.45) is 1.95. The van der Waals surface area contributed by atoms with Gasteiger partial charge in [0.2, 0.25) is 0 Å². The van der Waals surface area contributed by atoms with E-state index < -0.39 is 0 Å². The van der Waals surface area contributed by atoms with Crippen molar-refractivity contribution in [1.82, 2.24) is 5.32 Å². The number of rotatable bonds is 6. The molecular weight excluding hydrogens is 372 g/mol. The second-order valence-corrected chi connectivity index (χ2v) is 7.24. The number of benzene rings is 2. The molecule has 1 atom stereocenters. The van der Waals surface area contributed by atoms with E-state index in [2.05, 4.69) is 5.32 Å². The minimum absolute atomic E-state index is 0.00211. The topological polar surface area (TPSA) is 59.9 Å². The molecule has 146 valence electrons. The number of nitrogens with one attached hydrogen (secondary N) is 1. The molecule has 5 nitrogen and oxygen atoms in total. The standard InChI is InChI=1S/C22H24N2O3S/c1-14-20(15(2)25)21(24-22(23-14)28-4)17-10-11-18(19(12-17)26-3)27-13-16-8-6-5-7-9-16/h5-12,21H,13H2,1-4H3,(H,23,24)/t21-/m0/s1. The van der Waals surface area contributed by atoms with Crippen LogP contribution in [0.25, 0.3) is 0 Å². The lowest BCUT2D eigenvalue weighted by molar-refractivity contribution is -0.113. The Labute approximate surface area is 169 Å². The molecule has 0 spiro atoms. The van der Waals surface area contributed by atoms with E-state index in [1.165, 1.54) is 11.8 Å². The Bertz CT molecular complexity index is 923. The second-order valence-electron chi connectivity index (χ2n) is 6.45. The number of nitrogens with zero attached hydrogens (tertiary/aromatic N) is 1. The molecule has 0 unspecified atom stereocenters. The van der Waals surface area contributed by atoms with Crippen molar-refractivity contribution in [3.8, 4) is 11.5 Å². The molecule has 1 heterocycles. The second kappa shape index (κ2) is 8.97. The van der Waals surface area contributed by atoms with Crippen LogP contribution in [0.1, 0.15) is 31.0 Å². The number of carbonyl (C=O) groups excluding carboxylic acids is 1. The summed E-state index contributed by atoms with van der Waals surface area (Å²) >= 11 is 1.52. The highest BCUT2D eigenvalue weighted by Crippen LogP contribution is 2.37. The van der Waals surface area contributed by atoms with Crippen LogP contribution in [-0.4, -0.2) is 24.3 Å². The summed E-state index contributed by atoms with van der Waals surface area (Å²) < 4.78 is 11.5. The normalized spacial score (nSPS) is 16.3. The summed E-state index contributed by atoms with van der Waals surface area (Å²) in [4.78, 5) is 17.0. The van der Waals surface area contributed by atoms with Crippen LogP contribution in [-0.2, 0) is 11.4 Å². The highest BCUT2D eigenvalue weighted by Gasteiger charge is 2.27. The van der Waals surface area contributed by atoms with Gasteiger partial charge >= 0.3 is 0 Å². The fourth-order valence-electron chi connectivity index (χ4n) is 3.16. The molecule has 0 saturated carbocycles. The molecule has 0 radical (unpaired) electrons. The molecule has 2 aromatic carbocycles. The highest BCUT2D eigenvalue weighted by atomic mass is 32.2. The van der Waals surface area contributed by atoms with Crippen LogP contribution in [0.2, 0.25) is 0 Å². The lowest BCUT2D eigenvalue weighted by Gasteiger charge is -2.25. The van der Waals surface area contributed by atoms with Crippen LogP contribution in [0.5, 0.6) is 11.5 Å². The largest absolute Gasteiger partial charge is 0.493 e. The van der Waals surface area contributed by atoms with Crippen molar-refractivity contribution in [2.45, 2.75) is 26.5 Å². The number of hydrogen-bond donors (Lipinski definition) is 1. The van der Waals surface area contributed by atoms with Gasteiger partial charge in [0.15, 0.2) is 22.4 Å². The first-order chi connectivity index (χ1) is 13.5. The molecule has 0 fully saturated rings. The molecule has 0 saturated heterocycles. The maximum Gasteiger partial charge on any atom is 0.161 e. The summed E-state index contributed by atoms with van der Waals surface area (Å²) in [5.74, 6) is 1.28. The van der Waals surface area contributed by atoms with Gasteiger partial charge in [-0.2, -0.15) is 0 Å². The Morgan fingerprint density at radius 2 is 1.93 bits per heavy atom. The summed E-state index contributed by atoms with van der Waals surface area (Å²) in [7, 11) is 1.61. The van der Waals surface area contributed by atoms with Crippen molar-refractivity contribution < 1.29 is 14.3 Å². The number of amidine groups is 1. The number of Topliss-reactive ketones (excluding diaryl/α,β-unsaturated/α-hetero) is 1. The molecule has 0 aliphatic carbocycles. The first-order valence-corrected chi connectivity index (χ1v) is 10.2. The third-order valence-electron chi connectivity index (χ3n) is 4.53. The quantitative estimate of drug-likeness (QED) is 0.779. The molecule has 6 heteroatoms. The van der Waals surface area contributed by atoms with Gasteiger partial charge in [-0.05, 0) is 43.4 Å². The van der Waals surface area contributed by atoms with Gasteiger partial charge < -0.3 is 14.8 Å². The van der Waals surface area contributed by atoms with Gasteiger partial charge in [0, 0.05) is 11.3 Å². The first-order valence-electron chi connectivity index (χ1n) is 8.98. The van der Waals surface area contributed by atoms with Crippen molar-refractivity contribution in [1.29, 1.82) is 0 Å². The molecule has 0 amide bonds. The molecule has 2 aromatic rings. The third kappa shape index (κ3) is 4.39. The zero-order valence-corrected chi connectivity index (χ0v) is 17.3. The van der Waals surface area contributed by atoms with E-state index in [1.807, 2.05) is 61.7 Å². The Kier molecular flexibility index (Phi) is 6.41. The predicted octanol–water partition coefficient (Wildman–Crippen LogP) is 4.50. The number of allylic oxidation sites excluding steroid dienone is 1. The number of methoxy groups -OCH3 is 1. The van der Waals surface area contributed by atoms with Gasteiger partial charge in [-0.25, -0.2) is 4.99 Å². The number of thioether (sulfide) groups is 1. The molecule has 1 N–H and O–H groups in total. The van der Waals surface area contributed by atoms with Crippen molar-refractivity contribution in [3.63, 3.8) is 0 Å². The average molecular weight is 397 g/mol. The predicted molar refractivity (Wildman–Crippen MR) is 114 cm³/mol. The first kappa shape index (κ1) is 20.0. The van der Waals surface area contributed by atoms with E-state index >= 15 is 0 Å². The number of hydrogen-bond acceptors (Lipinski definition) is 6. The lowest BCUT2D eigenvalue weighted by Crippen LogP contribution is -2.28. The lowest BCUT2D eigenvalue weighted by atomic mass is 9.94. The molecule has 3 rings (SSSR count). The number of carbonyl (C=O) groups is 1. The molecule has 28 heavy (non-hydrogen) atoms. The maximum absolute atomic E-state index is 12.2. The van der Waals surface area contributed by atoms with E-state index in [1.54, 1.807) is 14.0 Å². The number of ketones is 1. The van der Waals surface area contributed by atoms with Crippen molar-refractivity contribution >= 4 is 22.7 Å². The van der Waals surface area contributed by atoms with Crippen LogP contribution in [0.3, 0.4) is 0 Å². The summed E-state index contributed by atoms with van der Waals surface area (Å²) in [6, 6.07) is 15.3. The Morgan fingerprint density at radius 3 is 2.57 bits per heavy atom. The fourth-order valence-corrected chi connectivity index (χ4v) is 3.62. The molecule has 1 aliphatic rings. The van der Waals surface area contributed by atoms with Crippen LogP contribution >= 0.6 is 11.8 Å². The summed E-state index contributed by atoms with van der Waals surface area (Å²) in [5, 5.41) is 3.98. The van der Waals surface area contributed by atoms with Crippen molar-refractivity contribution in [2.75, 3.05) is 13.4 Å². The Morgan fingerprint density at radius 1 is 1.18 bits per heavy atom. The van der Waals surface area contributed by atoms with Gasteiger partial charge in [0.05, 0.1) is 7.11 Å². The molecule has 0 bridgehead atoms. The van der Waals surface area contributed by atoms with E-state index in [0.29, 0.717) is 23.7 Å². The van der Waals surface area contributed by atoms with Crippen LogP contribution in [0.15, 0.2) is 64.8 Å². The summed E-state index contributed by atoms with van der Waals surface area (Å²) in [5.41, 5.74) is 3.47. The van der Waals surface area contributed by atoms with E-state index in [0.717, 1.165) is 22.0 Å². The fraction of sp³-hybridized carbons (Fsp3) is 0.273. The van der Waals surface area contributed by atoms with Crippen LogP contribution in [0, 0.1) is 0 Å². The monoisotopic (exact) mass is 396 g/mol. The zero-order chi connectivity index (χ0) is 20.1. The zero-order valence-electron chi connectivity index (χ0n) is 16.5. The smallest absolute Gasteiger partial charge is 0.161 e. The number of aliphatic imine (C=N–C) groups is 1. The Hall–Kier alpha value is -2.73. The number of ether oxygens (including phenoxy) is 2. The van der Waals surface area contributed by atoms with Crippen LogP contribution in [0.4, 0.5) is 0 Å². The highest BCUT2D eigenvalue weighted by molar-refractivity contribution is 8.13. The summed E-state index contributed by atoms with van der Waals surface area (Å²) in [6.45, 7) is 3.93. The Balaban J connectivity index is 1.90. The van der Waals surface area contributed by atoms with Crippen LogP contribution < -0.4 is 14.8 Å². The van der Waals surface area contributed by atoms with E-state index in [9.17, 15) is 4.79 Å². The third-order valence-corrected chi connectivity index (χ3v) is 5.13. The van der Waals surface area contributed by atoms with Gasteiger partial charge in [-0.15, -0.1) is 0 Å². The van der Waals surface area contributed by atoms with Gasteiger partial charge in [-0.3, -0.25) is 4.79 Å². The SMILES string of the molecule is COc1cc([C@@H]2N=C(SC)NC(C)=C2C(C)=O)ccc1OCc1ccccc1. The minimum Gasteiger partial charge on any atom is -0.493 e. The van der Waals surface area contributed by atoms with E-state index in [-0.39, 0.29) is 11.8 Å². The molecule has 0 aromatic heterocycles. The molecular formula is C22H24N2O3S. The van der Waals surface area contributed by atoms with Gasteiger partial charge in [0.25, 0.3) is 0 Å².